The van der Waals surface area contributed by atoms with E-state index in [1.807, 2.05) is 54.6 Å². The summed E-state index contributed by atoms with van der Waals surface area (Å²) in [5.74, 6) is 1.46. The standard InChI is InChI=1S/C27H25FN2O/c28-25-14-5-4-9-22(25)20-30-18-8-17-29-16-7-15-26(29)27(30)21-10-6-13-24(19-21)31-23-11-2-1-3-12-23/h1-7,9-16,19,27H,8,17-18,20H2. The quantitative estimate of drug-likeness (QED) is 0.377. The Morgan fingerprint density at radius 3 is 2.48 bits per heavy atom. The largest absolute Gasteiger partial charge is 0.457 e. The number of benzene rings is 3. The first-order chi connectivity index (χ1) is 15.3. The molecule has 0 aliphatic carbocycles. The molecule has 0 saturated heterocycles. The van der Waals surface area contributed by atoms with Crippen LogP contribution in [-0.4, -0.2) is 16.0 Å². The zero-order valence-electron chi connectivity index (χ0n) is 17.3. The van der Waals surface area contributed by atoms with Gasteiger partial charge in [-0.2, -0.15) is 0 Å². The third kappa shape index (κ3) is 4.25. The minimum Gasteiger partial charge on any atom is -0.457 e. The highest BCUT2D eigenvalue weighted by atomic mass is 19.1. The number of aryl methyl sites for hydroxylation is 1. The summed E-state index contributed by atoms with van der Waals surface area (Å²) in [6, 6.07) is 29.4. The molecular weight excluding hydrogens is 387 g/mol. The molecule has 1 atom stereocenters. The van der Waals surface area contributed by atoms with Crippen molar-refractivity contribution >= 4 is 0 Å². The average Bonchev–Trinajstić information content (AvgIpc) is 3.17. The van der Waals surface area contributed by atoms with Crippen LogP contribution in [0.25, 0.3) is 0 Å². The number of halogens is 1. The van der Waals surface area contributed by atoms with E-state index in [0.717, 1.165) is 42.1 Å². The maximum Gasteiger partial charge on any atom is 0.127 e. The number of nitrogens with zero attached hydrogens (tertiary/aromatic N) is 2. The Kier molecular flexibility index (Phi) is 5.55. The highest BCUT2D eigenvalue weighted by Gasteiger charge is 2.28. The van der Waals surface area contributed by atoms with Crippen molar-refractivity contribution < 1.29 is 9.13 Å². The molecule has 4 aromatic rings. The molecule has 3 aromatic carbocycles. The van der Waals surface area contributed by atoms with E-state index < -0.39 is 0 Å². The molecule has 0 spiro atoms. The number of fused-ring (bicyclic) bond motifs is 1. The van der Waals surface area contributed by atoms with Crippen LogP contribution in [-0.2, 0) is 13.1 Å². The molecule has 1 aromatic heterocycles. The van der Waals surface area contributed by atoms with Gasteiger partial charge < -0.3 is 9.30 Å². The second kappa shape index (κ2) is 8.78. The molecule has 1 aliphatic rings. The first-order valence-electron chi connectivity index (χ1n) is 10.7. The van der Waals surface area contributed by atoms with Crippen LogP contribution in [0, 0.1) is 5.82 Å². The highest BCUT2D eigenvalue weighted by Crippen LogP contribution is 2.35. The third-order valence-corrected chi connectivity index (χ3v) is 5.84. The fourth-order valence-corrected chi connectivity index (χ4v) is 4.41. The molecule has 2 heterocycles. The SMILES string of the molecule is Fc1ccccc1CN1CCCn2cccc2C1c1cccc(Oc2ccccc2)c1. The van der Waals surface area contributed by atoms with Gasteiger partial charge in [0.25, 0.3) is 0 Å². The van der Waals surface area contributed by atoms with Gasteiger partial charge in [-0.25, -0.2) is 4.39 Å². The molecular formula is C27H25FN2O. The van der Waals surface area contributed by atoms with Crippen molar-refractivity contribution in [2.45, 2.75) is 25.6 Å². The van der Waals surface area contributed by atoms with Gasteiger partial charge in [0.1, 0.15) is 17.3 Å². The molecule has 1 aliphatic heterocycles. The fourth-order valence-electron chi connectivity index (χ4n) is 4.41. The van der Waals surface area contributed by atoms with Crippen LogP contribution in [0.1, 0.15) is 29.3 Å². The lowest BCUT2D eigenvalue weighted by Gasteiger charge is -2.31. The predicted molar refractivity (Wildman–Crippen MR) is 121 cm³/mol. The Balaban J connectivity index is 1.52. The van der Waals surface area contributed by atoms with Crippen molar-refractivity contribution in [1.82, 2.24) is 9.47 Å². The minimum absolute atomic E-state index is 0.0245. The van der Waals surface area contributed by atoms with Crippen molar-refractivity contribution in [2.24, 2.45) is 0 Å². The molecule has 156 valence electrons. The van der Waals surface area contributed by atoms with Crippen LogP contribution < -0.4 is 4.74 Å². The number of hydrogen-bond acceptors (Lipinski definition) is 2. The topological polar surface area (TPSA) is 17.4 Å². The van der Waals surface area contributed by atoms with Crippen LogP contribution in [0.4, 0.5) is 4.39 Å². The Morgan fingerprint density at radius 2 is 1.61 bits per heavy atom. The molecule has 0 saturated carbocycles. The number of para-hydroxylation sites is 1. The molecule has 5 rings (SSSR count). The Bertz CT molecular complexity index is 1150. The van der Waals surface area contributed by atoms with Gasteiger partial charge in [0.05, 0.1) is 6.04 Å². The van der Waals surface area contributed by atoms with Crippen molar-refractivity contribution in [3.63, 3.8) is 0 Å². The lowest BCUT2D eigenvalue weighted by Crippen LogP contribution is -2.29. The Hall–Kier alpha value is -3.37. The first kappa shape index (κ1) is 19.6. The lowest BCUT2D eigenvalue weighted by molar-refractivity contribution is 0.217. The van der Waals surface area contributed by atoms with E-state index in [4.69, 9.17) is 4.74 Å². The Labute approximate surface area is 182 Å². The second-order valence-corrected chi connectivity index (χ2v) is 7.93. The van der Waals surface area contributed by atoms with E-state index in [9.17, 15) is 4.39 Å². The van der Waals surface area contributed by atoms with Gasteiger partial charge in [-0.1, -0.05) is 48.5 Å². The molecule has 4 heteroatoms. The van der Waals surface area contributed by atoms with Gasteiger partial charge in [0.15, 0.2) is 0 Å². The van der Waals surface area contributed by atoms with E-state index in [2.05, 4.69) is 39.9 Å². The monoisotopic (exact) mass is 412 g/mol. The summed E-state index contributed by atoms with van der Waals surface area (Å²) in [5, 5.41) is 0. The third-order valence-electron chi connectivity index (χ3n) is 5.84. The summed E-state index contributed by atoms with van der Waals surface area (Å²) in [6.07, 6.45) is 3.16. The molecule has 0 radical (unpaired) electrons. The summed E-state index contributed by atoms with van der Waals surface area (Å²) in [4.78, 5) is 2.37. The van der Waals surface area contributed by atoms with E-state index in [-0.39, 0.29) is 11.9 Å². The maximum absolute atomic E-state index is 14.5. The summed E-state index contributed by atoms with van der Waals surface area (Å²) < 4.78 is 22.9. The van der Waals surface area contributed by atoms with Crippen molar-refractivity contribution in [1.29, 1.82) is 0 Å². The van der Waals surface area contributed by atoms with Gasteiger partial charge in [-0.15, -0.1) is 0 Å². The summed E-state index contributed by atoms with van der Waals surface area (Å²) in [6.45, 7) is 2.42. The van der Waals surface area contributed by atoms with E-state index in [1.54, 1.807) is 12.1 Å². The van der Waals surface area contributed by atoms with Crippen LogP contribution in [0.5, 0.6) is 11.5 Å². The molecule has 0 N–H and O–H groups in total. The molecule has 3 nitrogen and oxygen atoms in total. The van der Waals surface area contributed by atoms with E-state index in [0.29, 0.717) is 6.54 Å². The maximum atomic E-state index is 14.5. The smallest absolute Gasteiger partial charge is 0.127 e. The van der Waals surface area contributed by atoms with Gasteiger partial charge in [0.2, 0.25) is 0 Å². The lowest BCUT2D eigenvalue weighted by atomic mass is 10.0. The summed E-state index contributed by atoms with van der Waals surface area (Å²) in [5.41, 5.74) is 3.10. The average molecular weight is 413 g/mol. The Morgan fingerprint density at radius 1 is 0.806 bits per heavy atom. The van der Waals surface area contributed by atoms with Crippen molar-refractivity contribution in [3.05, 3.63) is 120 Å². The zero-order valence-corrected chi connectivity index (χ0v) is 17.3. The van der Waals surface area contributed by atoms with Crippen LogP contribution >= 0.6 is 0 Å². The predicted octanol–water partition coefficient (Wildman–Crippen LogP) is 6.41. The first-order valence-corrected chi connectivity index (χ1v) is 10.7. The molecule has 0 fully saturated rings. The van der Waals surface area contributed by atoms with Crippen LogP contribution in [0.2, 0.25) is 0 Å². The summed E-state index contributed by atoms with van der Waals surface area (Å²) >= 11 is 0. The number of rotatable bonds is 5. The van der Waals surface area contributed by atoms with Gasteiger partial charge in [-0.05, 0) is 54.4 Å². The number of ether oxygens (including phenoxy) is 1. The minimum atomic E-state index is -0.151. The van der Waals surface area contributed by atoms with Crippen molar-refractivity contribution in [2.75, 3.05) is 6.54 Å². The molecule has 1 unspecified atom stereocenters. The van der Waals surface area contributed by atoms with E-state index >= 15 is 0 Å². The molecule has 0 bridgehead atoms. The van der Waals surface area contributed by atoms with Crippen molar-refractivity contribution in [3.8, 4) is 11.5 Å². The van der Waals surface area contributed by atoms with Gasteiger partial charge >= 0.3 is 0 Å². The molecule has 31 heavy (non-hydrogen) atoms. The summed E-state index contributed by atoms with van der Waals surface area (Å²) in [7, 11) is 0. The van der Waals surface area contributed by atoms with Crippen LogP contribution in [0.3, 0.4) is 0 Å². The second-order valence-electron chi connectivity index (χ2n) is 7.93. The fraction of sp³-hybridized carbons (Fsp3) is 0.185. The van der Waals surface area contributed by atoms with E-state index in [1.165, 1.54) is 5.69 Å². The van der Waals surface area contributed by atoms with Crippen LogP contribution in [0.15, 0.2) is 97.2 Å². The highest BCUT2D eigenvalue weighted by molar-refractivity contribution is 5.38. The molecule has 0 amide bonds. The zero-order chi connectivity index (χ0) is 21.0. The van der Waals surface area contributed by atoms with Gasteiger partial charge in [0, 0.05) is 37.1 Å². The van der Waals surface area contributed by atoms with Gasteiger partial charge in [-0.3, -0.25) is 4.90 Å². The normalized spacial score (nSPS) is 16.5. The number of hydrogen-bond donors (Lipinski definition) is 0. The number of aromatic nitrogens is 1.